The Morgan fingerprint density at radius 3 is 2.50 bits per heavy atom. The topological polar surface area (TPSA) is 57.6 Å². The van der Waals surface area contributed by atoms with Crippen LogP contribution >= 0.6 is 0 Å². The third kappa shape index (κ3) is 2.93. The molecule has 0 saturated carbocycles. The van der Waals surface area contributed by atoms with E-state index in [1.807, 2.05) is 0 Å². The maximum atomic E-state index is 13.0. The quantitative estimate of drug-likeness (QED) is 0.880. The molecule has 24 heavy (non-hydrogen) atoms. The summed E-state index contributed by atoms with van der Waals surface area (Å²) in [5.74, 6) is -2.29. The molecule has 0 fully saturated rings. The van der Waals surface area contributed by atoms with Crippen molar-refractivity contribution in [3.63, 3.8) is 0 Å². The van der Waals surface area contributed by atoms with E-state index in [-0.39, 0.29) is 18.3 Å². The zero-order valence-corrected chi connectivity index (χ0v) is 13.1. The van der Waals surface area contributed by atoms with Gasteiger partial charge in [0.2, 0.25) is 0 Å². The summed E-state index contributed by atoms with van der Waals surface area (Å²) in [6, 6.07) is 12.9. The average molecular weight is 325 g/mol. The number of nitrogens with zero attached hydrogens (tertiary/aromatic N) is 1. The van der Waals surface area contributed by atoms with Crippen LogP contribution in [0.5, 0.6) is 0 Å². The molecule has 0 aromatic heterocycles. The van der Waals surface area contributed by atoms with Crippen molar-refractivity contribution >= 4 is 23.1 Å². The van der Waals surface area contributed by atoms with Crippen LogP contribution in [0.1, 0.15) is 24.0 Å². The molecule has 0 saturated heterocycles. The van der Waals surface area contributed by atoms with E-state index in [1.165, 1.54) is 23.1 Å². The Labute approximate surface area is 138 Å². The number of para-hydroxylation sites is 1. The van der Waals surface area contributed by atoms with Crippen LogP contribution in [0.2, 0.25) is 0 Å². The van der Waals surface area contributed by atoms with E-state index >= 15 is 0 Å². The Kier molecular flexibility index (Phi) is 4.16. The number of aliphatic carboxylic acids is 1. The minimum absolute atomic E-state index is 0.112. The number of carbonyl (C=O) groups excluding carboxylic acids is 1. The van der Waals surface area contributed by atoms with E-state index in [0.29, 0.717) is 16.8 Å². The molecule has 0 bridgehead atoms. The van der Waals surface area contributed by atoms with E-state index in [1.54, 1.807) is 43.3 Å². The van der Waals surface area contributed by atoms with E-state index in [0.717, 1.165) is 5.56 Å². The molecule has 1 heterocycles. The van der Waals surface area contributed by atoms with Gasteiger partial charge < -0.3 is 10.0 Å². The number of benzene rings is 2. The van der Waals surface area contributed by atoms with E-state index in [4.69, 9.17) is 0 Å². The second-order valence-corrected chi connectivity index (χ2v) is 5.73. The number of carboxylic acid groups (broad SMARTS) is 1. The smallest absolute Gasteiger partial charge is 0.312 e. The van der Waals surface area contributed by atoms with E-state index in [2.05, 4.69) is 0 Å². The Hall–Kier alpha value is -2.95. The molecule has 122 valence electrons. The number of anilines is 1. The van der Waals surface area contributed by atoms with Gasteiger partial charge in [-0.05, 0) is 41.8 Å². The first-order valence-electron chi connectivity index (χ1n) is 7.55. The zero-order chi connectivity index (χ0) is 17.3. The molecule has 0 aliphatic carbocycles. The predicted octanol–water partition coefficient (Wildman–Crippen LogP) is 3.44. The number of hydrogen-bond acceptors (Lipinski definition) is 2. The number of rotatable bonds is 3. The number of fused-ring (bicyclic) bond motifs is 1. The van der Waals surface area contributed by atoms with Crippen LogP contribution in [0.4, 0.5) is 10.1 Å². The van der Waals surface area contributed by atoms with Gasteiger partial charge in [-0.25, -0.2) is 4.39 Å². The summed E-state index contributed by atoms with van der Waals surface area (Å²) in [7, 11) is 0. The fraction of sp³-hybridized carbons (Fsp3) is 0.158. The summed E-state index contributed by atoms with van der Waals surface area (Å²) >= 11 is 0. The third-order valence-electron chi connectivity index (χ3n) is 4.17. The molecule has 1 aliphatic heterocycles. The van der Waals surface area contributed by atoms with Crippen molar-refractivity contribution in [2.24, 2.45) is 0 Å². The SMILES string of the molecule is C/C(=C\C(=O)N1CC(C(=O)O)c2ccccc21)c1ccc(F)cc1. The molecule has 4 nitrogen and oxygen atoms in total. The van der Waals surface area contributed by atoms with Crippen LogP contribution in [0, 0.1) is 5.82 Å². The first-order valence-corrected chi connectivity index (χ1v) is 7.55. The van der Waals surface area contributed by atoms with Crippen LogP contribution in [0.25, 0.3) is 5.57 Å². The van der Waals surface area contributed by atoms with Gasteiger partial charge in [0.05, 0.1) is 0 Å². The maximum absolute atomic E-state index is 13.0. The van der Waals surface area contributed by atoms with Crippen molar-refractivity contribution in [2.45, 2.75) is 12.8 Å². The van der Waals surface area contributed by atoms with Gasteiger partial charge in [0.15, 0.2) is 0 Å². The highest BCUT2D eigenvalue weighted by molar-refractivity contribution is 6.08. The second-order valence-electron chi connectivity index (χ2n) is 5.73. The van der Waals surface area contributed by atoms with E-state index < -0.39 is 11.9 Å². The Morgan fingerprint density at radius 2 is 1.83 bits per heavy atom. The molecular weight excluding hydrogens is 309 g/mol. The van der Waals surface area contributed by atoms with Crippen LogP contribution in [-0.4, -0.2) is 23.5 Å². The summed E-state index contributed by atoms with van der Waals surface area (Å²) in [5.41, 5.74) is 2.70. The van der Waals surface area contributed by atoms with Crippen LogP contribution in [0.15, 0.2) is 54.6 Å². The summed E-state index contributed by atoms with van der Waals surface area (Å²) in [4.78, 5) is 25.5. The minimum Gasteiger partial charge on any atom is -0.481 e. The van der Waals surface area contributed by atoms with Crippen molar-refractivity contribution < 1.29 is 19.1 Å². The van der Waals surface area contributed by atoms with E-state index in [9.17, 15) is 19.1 Å². The number of amides is 1. The Morgan fingerprint density at radius 1 is 1.17 bits per heavy atom. The lowest BCUT2D eigenvalue weighted by molar-refractivity contribution is -0.138. The monoisotopic (exact) mass is 325 g/mol. The fourth-order valence-corrected chi connectivity index (χ4v) is 2.89. The fourth-order valence-electron chi connectivity index (χ4n) is 2.89. The highest BCUT2D eigenvalue weighted by Gasteiger charge is 2.35. The van der Waals surface area contributed by atoms with Gasteiger partial charge in [0.1, 0.15) is 11.7 Å². The summed E-state index contributed by atoms with van der Waals surface area (Å²) in [6.07, 6.45) is 1.45. The molecule has 1 atom stereocenters. The minimum atomic E-state index is -0.947. The lowest BCUT2D eigenvalue weighted by Crippen LogP contribution is -2.29. The lowest BCUT2D eigenvalue weighted by atomic mass is 10.0. The Balaban J connectivity index is 1.89. The normalized spacial score (nSPS) is 16.8. The van der Waals surface area contributed by atoms with Gasteiger partial charge in [-0.2, -0.15) is 0 Å². The number of halogens is 1. The number of carboxylic acids is 1. The Bertz CT molecular complexity index is 827. The van der Waals surface area contributed by atoms with Crippen molar-refractivity contribution in [2.75, 3.05) is 11.4 Å². The summed E-state index contributed by atoms with van der Waals surface area (Å²) in [6.45, 7) is 1.88. The van der Waals surface area contributed by atoms with Crippen LogP contribution < -0.4 is 4.90 Å². The van der Waals surface area contributed by atoms with Crippen LogP contribution in [-0.2, 0) is 9.59 Å². The second kappa shape index (κ2) is 6.28. The highest BCUT2D eigenvalue weighted by atomic mass is 19.1. The van der Waals surface area contributed by atoms with Crippen molar-refractivity contribution in [3.8, 4) is 0 Å². The first-order chi connectivity index (χ1) is 11.5. The van der Waals surface area contributed by atoms with Crippen molar-refractivity contribution in [3.05, 3.63) is 71.6 Å². The predicted molar refractivity (Wildman–Crippen MR) is 89.2 cm³/mol. The average Bonchev–Trinajstić information content (AvgIpc) is 2.95. The van der Waals surface area contributed by atoms with Gasteiger partial charge >= 0.3 is 5.97 Å². The highest BCUT2D eigenvalue weighted by Crippen LogP contribution is 2.36. The van der Waals surface area contributed by atoms with Crippen molar-refractivity contribution in [1.29, 1.82) is 0 Å². The molecule has 2 aromatic carbocycles. The number of allylic oxidation sites excluding steroid dienone is 1. The molecule has 1 aliphatic rings. The maximum Gasteiger partial charge on any atom is 0.312 e. The molecule has 5 heteroatoms. The van der Waals surface area contributed by atoms with Gasteiger partial charge in [0, 0.05) is 18.3 Å². The lowest BCUT2D eigenvalue weighted by Gasteiger charge is -2.16. The molecule has 2 aromatic rings. The van der Waals surface area contributed by atoms with Gasteiger partial charge in [-0.15, -0.1) is 0 Å². The number of carbonyl (C=O) groups is 2. The number of hydrogen-bond donors (Lipinski definition) is 1. The van der Waals surface area contributed by atoms with Gasteiger partial charge in [-0.3, -0.25) is 9.59 Å². The van der Waals surface area contributed by atoms with Crippen molar-refractivity contribution in [1.82, 2.24) is 0 Å². The molecule has 0 radical (unpaired) electrons. The molecule has 1 N–H and O–H groups in total. The summed E-state index contributed by atoms with van der Waals surface area (Å²) < 4.78 is 13.0. The molecule has 3 rings (SSSR count). The molecule has 1 unspecified atom stereocenters. The molecular formula is C19H16FNO3. The molecule has 0 spiro atoms. The third-order valence-corrected chi connectivity index (χ3v) is 4.17. The largest absolute Gasteiger partial charge is 0.481 e. The first kappa shape index (κ1) is 15.9. The van der Waals surface area contributed by atoms with Gasteiger partial charge in [-0.1, -0.05) is 30.3 Å². The van der Waals surface area contributed by atoms with Gasteiger partial charge in [0.25, 0.3) is 5.91 Å². The molecule has 1 amide bonds. The standard InChI is InChI=1S/C19H16FNO3/c1-12(13-6-8-14(20)9-7-13)10-18(22)21-11-16(19(23)24)15-4-2-3-5-17(15)21/h2-10,16H,11H2,1H3,(H,23,24)/b12-10+. The zero-order valence-electron chi connectivity index (χ0n) is 13.1. The summed E-state index contributed by atoms with van der Waals surface area (Å²) in [5, 5.41) is 9.36. The van der Waals surface area contributed by atoms with Crippen LogP contribution in [0.3, 0.4) is 0 Å².